The molecule has 1 aliphatic carbocycles. The van der Waals surface area contributed by atoms with E-state index in [1.54, 1.807) is 0 Å². The molecule has 4 N–H and O–H groups in total. The number of rotatable bonds is 5. The number of hydrogen-bond donors (Lipinski definition) is 3. The molecule has 1 aliphatic rings. The van der Waals surface area contributed by atoms with Gasteiger partial charge in [0.25, 0.3) is 0 Å². The molecule has 1 aromatic carbocycles. The fourth-order valence-electron chi connectivity index (χ4n) is 2.83. The van der Waals surface area contributed by atoms with E-state index in [0.717, 1.165) is 36.9 Å². The van der Waals surface area contributed by atoms with E-state index in [2.05, 4.69) is 12.2 Å². The number of amides is 1. The lowest BCUT2D eigenvalue weighted by Crippen LogP contribution is -2.45. The van der Waals surface area contributed by atoms with Gasteiger partial charge in [0.05, 0.1) is 5.60 Å². The minimum absolute atomic E-state index is 0.00975. The van der Waals surface area contributed by atoms with Gasteiger partial charge in [-0.1, -0.05) is 19.1 Å². The van der Waals surface area contributed by atoms with E-state index >= 15 is 0 Å². The number of aliphatic hydroxyl groups is 1. The fourth-order valence-corrected chi connectivity index (χ4v) is 2.83. The molecule has 0 aliphatic heterocycles. The predicted molar refractivity (Wildman–Crippen MR) is 84.8 cm³/mol. The van der Waals surface area contributed by atoms with Crippen LogP contribution in [0.25, 0.3) is 0 Å². The van der Waals surface area contributed by atoms with Crippen LogP contribution < -0.4 is 11.1 Å². The Labute approximate surface area is 126 Å². The standard InChI is InChI=1S/C17H26N2O2/c1-13-7-9-17(21,10-8-13)12-19-16(20)6-5-14-3-2-4-15(18)11-14/h2-4,11,13,21H,5-10,12,18H2,1H3,(H,19,20). The van der Waals surface area contributed by atoms with E-state index in [1.165, 1.54) is 0 Å². The van der Waals surface area contributed by atoms with Crippen LogP contribution in [0.5, 0.6) is 0 Å². The Morgan fingerprint density at radius 1 is 1.43 bits per heavy atom. The van der Waals surface area contributed by atoms with E-state index in [4.69, 9.17) is 5.73 Å². The van der Waals surface area contributed by atoms with Crippen molar-refractivity contribution in [1.82, 2.24) is 5.32 Å². The molecule has 116 valence electrons. The van der Waals surface area contributed by atoms with Gasteiger partial charge < -0.3 is 16.2 Å². The third-order valence-electron chi connectivity index (χ3n) is 4.41. The Morgan fingerprint density at radius 2 is 2.14 bits per heavy atom. The summed E-state index contributed by atoms with van der Waals surface area (Å²) in [5.41, 5.74) is 6.79. The number of nitrogen functional groups attached to an aromatic ring is 1. The van der Waals surface area contributed by atoms with Crippen LogP contribution in [0.3, 0.4) is 0 Å². The molecule has 0 atom stereocenters. The summed E-state index contributed by atoms with van der Waals surface area (Å²) in [6, 6.07) is 7.60. The quantitative estimate of drug-likeness (QED) is 0.728. The molecule has 0 saturated heterocycles. The predicted octanol–water partition coefficient (Wildman–Crippen LogP) is 2.26. The van der Waals surface area contributed by atoms with Gasteiger partial charge in [-0.2, -0.15) is 0 Å². The summed E-state index contributed by atoms with van der Waals surface area (Å²) < 4.78 is 0. The highest BCUT2D eigenvalue weighted by Crippen LogP contribution is 2.31. The molecule has 1 fully saturated rings. The second-order valence-corrected chi connectivity index (χ2v) is 6.43. The molecular formula is C17H26N2O2. The van der Waals surface area contributed by atoms with Gasteiger partial charge in [-0.15, -0.1) is 0 Å². The van der Waals surface area contributed by atoms with Crippen LogP contribution in [-0.4, -0.2) is 23.2 Å². The molecule has 0 unspecified atom stereocenters. The number of hydrogen-bond acceptors (Lipinski definition) is 3. The summed E-state index contributed by atoms with van der Waals surface area (Å²) in [5.74, 6) is 0.675. The van der Waals surface area contributed by atoms with Crippen molar-refractivity contribution in [3.8, 4) is 0 Å². The summed E-state index contributed by atoms with van der Waals surface area (Å²) in [4.78, 5) is 11.9. The lowest BCUT2D eigenvalue weighted by molar-refractivity contribution is -0.122. The summed E-state index contributed by atoms with van der Waals surface area (Å²) >= 11 is 0. The van der Waals surface area contributed by atoms with Crippen molar-refractivity contribution in [1.29, 1.82) is 0 Å². The number of aryl methyl sites for hydroxylation is 1. The van der Waals surface area contributed by atoms with Gasteiger partial charge in [0, 0.05) is 18.7 Å². The van der Waals surface area contributed by atoms with Crippen molar-refractivity contribution in [3.05, 3.63) is 29.8 Å². The van der Waals surface area contributed by atoms with Crippen LogP contribution in [0.2, 0.25) is 0 Å². The number of nitrogens with one attached hydrogen (secondary N) is 1. The third-order valence-corrected chi connectivity index (χ3v) is 4.41. The van der Waals surface area contributed by atoms with Crippen LogP contribution in [-0.2, 0) is 11.2 Å². The highest BCUT2D eigenvalue weighted by atomic mass is 16.3. The first-order chi connectivity index (χ1) is 9.97. The average molecular weight is 290 g/mol. The van der Waals surface area contributed by atoms with E-state index in [0.29, 0.717) is 25.3 Å². The Balaban J connectivity index is 1.72. The normalized spacial score (nSPS) is 25.5. The molecule has 21 heavy (non-hydrogen) atoms. The first kappa shape index (κ1) is 15.8. The Kier molecular flexibility index (Phi) is 5.23. The molecule has 0 radical (unpaired) electrons. The molecule has 1 saturated carbocycles. The Hall–Kier alpha value is -1.55. The smallest absolute Gasteiger partial charge is 0.220 e. The maximum Gasteiger partial charge on any atom is 0.220 e. The van der Waals surface area contributed by atoms with Gasteiger partial charge in [-0.05, 0) is 55.7 Å². The highest BCUT2D eigenvalue weighted by Gasteiger charge is 2.31. The van der Waals surface area contributed by atoms with Crippen LogP contribution in [0.4, 0.5) is 5.69 Å². The van der Waals surface area contributed by atoms with E-state index < -0.39 is 5.60 Å². The largest absolute Gasteiger partial charge is 0.399 e. The van der Waals surface area contributed by atoms with Crippen molar-refractivity contribution >= 4 is 11.6 Å². The number of benzene rings is 1. The topological polar surface area (TPSA) is 75.3 Å². The van der Waals surface area contributed by atoms with Crippen molar-refractivity contribution < 1.29 is 9.90 Å². The van der Waals surface area contributed by atoms with Gasteiger partial charge >= 0.3 is 0 Å². The Morgan fingerprint density at radius 3 is 2.81 bits per heavy atom. The van der Waals surface area contributed by atoms with Gasteiger partial charge in [0.15, 0.2) is 0 Å². The van der Waals surface area contributed by atoms with E-state index in [1.807, 2.05) is 24.3 Å². The monoisotopic (exact) mass is 290 g/mol. The molecule has 1 amide bonds. The molecule has 4 heteroatoms. The number of anilines is 1. The van der Waals surface area contributed by atoms with Crippen molar-refractivity contribution in [2.24, 2.45) is 5.92 Å². The maximum atomic E-state index is 11.9. The van der Waals surface area contributed by atoms with Crippen LogP contribution in [0.15, 0.2) is 24.3 Å². The zero-order valence-electron chi connectivity index (χ0n) is 12.8. The molecule has 0 spiro atoms. The van der Waals surface area contributed by atoms with Gasteiger partial charge in [-0.3, -0.25) is 4.79 Å². The molecule has 2 rings (SSSR count). The summed E-state index contributed by atoms with van der Waals surface area (Å²) in [7, 11) is 0. The zero-order valence-corrected chi connectivity index (χ0v) is 12.8. The van der Waals surface area contributed by atoms with Gasteiger partial charge in [0.2, 0.25) is 5.91 Å². The zero-order chi connectivity index (χ0) is 15.3. The van der Waals surface area contributed by atoms with Gasteiger partial charge in [0.1, 0.15) is 0 Å². The number of nitrogens with two attached hydrogens (primary N) is 1. The Bertz CT molecular complexity index is 479. The fraction of sp³-hybridized carbons (Fsp3) is 0.588. The molecule has 1 aromatic rings. The summed E-state index contributed by atoms with van der Waals surface area (Å²) in [6.45, 7) is 2.58. The van der Waals surface area contributed by atoms with Crippen molar-refractivity contribution in [3.63, 3.8) is 0 Å². The first-order valence-corrected chi connectivity index (χ1v) is 7.80. The van der Waals surface area contributed by atoms with Crippen LogP contribution >= 0.6 is 0 Å². The minimum atomic E-state index is -0.709. The number of carbonyl (C=O) groups is 1. The second kappa shape index (κ2) is 6.94. The van der Waals surface area contributed by atoms with Crippen LogP contribution in [0.1, 0.15) is 44.6 Å². The average Bonchev–Trinajstić information content (AvgIpc) is 2.47. The van der Waals surface area contributed by atoms with E-state index in [9.17, 15) is 9.90 Å². The molecule has 4 nitrogen and oxygen atoms in total. The van der Waals surface area contributed by atoms with Crippen molar-refractivity contribution in [2.45, 2.75) is 51.0 Å². The third kappa shape index (κ3) is 5.05. The van der Waals surface area contributed by atoms with E-state index in [-0.39, 0.29) is 5.91 Å². The van der Waals surface area contributed by atoms with Crippen molar-refractivity contribution in [2.75, 3.05) is 12.3 Å². The molecular weight excluding hydrogens is 264 g/mol. The van der Waals surface area contributed by atoms with Gasteiger partial charge in [-0.25, -0.2) is 0 Å². The molecule has 0 bridgehead atoms. The summed E-state index contributed by atoms with van der Waals surface area (Å²) in [5, 5.41) is 13.3. The number of carbonyl (C=O) groups excluding carboxylic acids is 1. The lowest BCUT2D eigenvalue weighted by Gasteiger charge is -2.34. The van der Waals surface area contributed by atoms with Crippen LogP contribution in [0, 0.1) is 5.92 Å². The second-order valence-electron chi connectivity index (χ2n) is 6.43. The molecule has 0 heterocycles. The first-order valence-electron chi connectivity index (χ1n) is 7.80. The minimum Gasteiger partial charge on any atom is -0.399 e. The maximum absolute atomic E-state index is 11.9. The highest BCUT2D eigenvalue weighted by molar-refractivity contribution is 5.76. The summed E-state index contributed by atoms with van der Waals surface area (Å²) in [6.07, 6.45) is 4.74. The lowest BCUT2D eigenvalue weighted by atomic mass is 9.79. The SMILES string of the molecule is CC1CCC(O)(CNC(=O)CCc2cccc(N)c2)CC1. The molecule has 0 aromatic heterocycles.